The van der Waals surface area contributed by atoms with Gasteiger partial charge in [0.25, 0.3) is 0 Å². The average Bonchev–Trinajstić information content (AvgIpc) is 2.33. The van der Waals surface area contributed by atoms with Gasteiger partial charge in [-0.15, -0.1) is 0 Å². The van der Waals surface area contributed by atoms with Crippen LogP contribution in [0.25, 0.3) is 0 Å². The van der Waals surface area contributed by atoms with Gasteiger partial charge < -0.3 is 4.74 Å². The highest BCUT2D eigenvalue weighted by Crippen LogP contribution is 2.24. The smallest absolute Gasteiger partial charge is 0.306 e. The second-order valence-corrected chi connectivity index (χ2v) is 7.19. The largest absolute Gasteiger partial charge is 0.460 e. The zero-order chi connectivity index (χ0) is 17.1. The van der Waals surface area contributed by atoms with Gasteiger partial charge in [-0.25, -0.2) is 0 Å². The average molecular weight is 304 g/mol. The third-order valence-electron chi connectivity index (χ3n) is 3.51. The Morgan fingerprint density at radius 2 is 1.64 bits per heavy atom. The van der Waals surface area contributed by atoms with Crippen LogP contribution in [0, 0.1) is 13.8 Å². The first-order chi connectivity index (χ1) is 10.0. The molecule has 122 valence electrons. The van der Waals surface area contributed by atoms with Crippen molar-refractivity contribution in [2.24, 2.45) is 0 Å². The molecule has 0 unspecified atom stereocenters. The lowest BCUT2D eigenvalue weighted by molar-refractivity contribution is -0.154. The van der Waals surface area contributed by atoms with Gasteiger partial charge in [0, 0.05) is 12.0 Å². The Morgan fingerprint density at radius 3 is 2.14 bits per heavy atom. The summed E-state index contributed by atoms with van der Waals surface area (Å²) >= 11 is 0. The number of Topliss-reactive ketones (excluding diaryl/α,β-unsaturated/α-hetero) is 1. The fraction of sp³-hybridized carbons (Fsp3) is 0.579. The first-order valence-corrected chi connectivity index (χ1v) is 7.87. The van der Waals surface area contributed by atoms with E-state index in [0.717, 1.165) is 11.1 Å². The van der Waals surface area contributed by atoms with Gasteiger partial charge in [0.15, 0.2) is 5.78 Å². The highest BCUT2D eigenvalue weighted by Gasteiger charge is 2.19. The maximum atomic E-state index is 12.4. The van der Waals surface area contributed by atoms with Crippen molar-refractivity contribution in [2.45, 2.75) is 72.8 Å². The monoisotopic (exact) mass is 304 g/mol. The molecule has 1 rings (SSSR count). The van der Waals surface area contributed by atoms with E-state index in [1.54, 1.807) is 0 Å². The predicted molar refractivity (Wildman–Crippen MR) is 89.4 cm³/mol. The van der Waals surface area contributed by atoms with Crippen LogP contribution in [0.1, 0.15) is 80.4 Å². The number of hydrogen-bond donors (Lipinski definition) is 0. The zero-order valence-corrected chi connectivity index (χ0v) is 14.9. The molecular weight excluding hydrogens is 276 g/mol. The van der Waals surface area contributed by atoms with E-state index < -0.39 is 5.60 Å². The zero-order valence-electron chi connectivity index (χ0n) is 14.9. The normalized spacial score (nSPS) is 11.6. The van der Waals surface area contributed by atoms with Crippen LogP contribution in [0.3, 0.4) is 0 Å². The van der Waals surface area contributed by atoms with Crippen molar-refractivity contribution in [1.82, 2.24) is 0 Å². The van der Waals surface area contributed by atoms with Crippen LogP contribution in [0.15, 0.2) is 12.1 Å². The molecule has 0 aliphatic carbocycles. The van der Waals surface area contributed by atoms with Crippen LogP contribution in [-0.2, 0) is 9.53 Å². The number of benzene rings is 1. The number of esters is 1. The maximum absolute atomic E-state index is 12.4. The summed E-state index contributed by atoms with van der Waals surface area (Å²) < 4.78 is 5.24. The summed E-state index contributed by atoms with van der Waals surface area (Å²) in [6.07, 6.45) is 0.316. The molecule has 0 atom stereocenters. The summed E-state index contributed by atoms with van der Waals surface area (Å²) in [6.45, 7) is 13.7. The lowest BCUT2D eigenvalue weighted by atomic mass is 9.91. The van der Waals surface area contributed by atoms with Gasteiger partial charge in [-0.05, 0) is 63.3 Å². The first-order valence-electron chi connectivity index (χ1n) is 7.87. The van der Waals surface area contributed by atoms with E-state index in [2.05, 4.69) is 26.8 Å². The molecule has 0 N–H and O–H groups in total. The van der Waals surface area contributed by atoms with Gasteiger partial charge in [-0.1, -0.05) is 19.9 Å². The van der Waals surface area contributed by atoms with Crippen molar-refractivity contribution in [3.8, 4) is 0 Å². The fourth-order valence-corrected chi connectivity index (χ4v) is 2.53. The van der Waals surface area contributed by atoms with Crippen molar-refractivity contribution < 1.29 is 14.3 Å². The standard InChI is InChI=1S/C19H28O3/c1-12(2)15-11-16(14(4)10-13(15)3)17(20)8-9-18(21)22-19(5,6)7/h10-12H,8-9H2,1-7H3. The Bertz CT molecular complexity index is 563. The van der Waals surface area contributed by atoms with E-state index in [4.69, 9.17) is 4.74 Å². The van der Waals surface area contributed by atoms with E-state index in [9.17, 15) is 9.59 Å². The van der Waals surface area contributed by atoms with Crippen LogP contribution in [0.2, 0.25) is 0 Å². The summed E-state index contributed by atoms with van der Waals surface area (Å²) in [7, 11) is 0. The van der Waals surface area contributed by atoms with Crippen molar-refractivity contribution in [1.29, 1.82) is 0 Å². The molecule has 0 heterocycles. The Hall–Kier alpha value is -1.64. The molecule has 0 radical (unpaired) electrons. The molecule has 1 aromatic carbocycles. The van der Waals surface area contributed by atoms with Gasteiger partial charge in [0.1, 0.15) is 5.60 Å². The maximum Gasteiger partial charge on any atom is 0.306 e. The van der Waals surface area contributed by atoms with Crippen LogP contribution in [0.4, 0.5) is 0 Å². The number of ether oxygens (including phenoxy) is 1. The molecule has 0 aliphatic heterocycles. The summed E-state index contributed by atoms with van der Waals surface area (Å²) in [5.41, 5.74) is 3.57. The van der Waals surface area contributed by atoms with Crippen molar-refractivity contribution in [3.63, 3.8) is 0 Å². The van der Waals surface area contributed by atoms with E-state index in [0.29, 0.717) is 5.92 Å². The van der Waals surface area contributed by atoms with Crippen LogP contribution in [0.5, 0.6) is 0 Å². The highest BCUT2D eigenvalue weighted by atomic mass is 16.6. The van der Waals surface area contributed by atoms with Crippen molar-refractivity contribution >= 4 is 11.8 Å². The second-order valence-electron chi connectivity index (χ2n) is 7.19. The molecule has 1 aromatic rings. The number of hydrogen-bond acceptors (Lipinski definition) is 3. The van der Waals surface area contributed by atoms with E-state index >= 15 is 0 Å². The lowest BCUT2D eigenvalue weighted by Crippen LogP contribution is -2.24. The fourth-order valence-electron chi connectivity index (χ4n) is 2.53. The molecular formula is C19H28O3. The minimum atomic E-state index is -0.509. The second kappa shape index (κ2) is 7.08. The summed E-state index contributed by atoms with van der Waals surface area (Å²) in [4.78, 5) is 24.1. The number of carbonyl (C=O) groups is 2. The topological polar surface area (TPSA) is 43.4 Å². The first kappa shape index (κ1) is 18.4. The van der Waals surface area contributed by atoms with Crippen LogP contribution >= 0.6 is 0 Å². The molecule has 3 nitrogen and oxygen atoms in total. The predicted octanol–water partition coefficient (Wildman–Crippen LogP) is 4.73. The van der Waals surface area contributed by atoms with Crippen LogP contribution < -0.4 is 0 Å². The molecule has 3 heteroatoms. The number of carbonyl (C=O) groups excluding carboxylic acids is 2. The van der Waals surface area contributed by atoms with E-state index in [1.165, 1.54) is 11.1 Å². The molecule has 0 saturated carbocycles. The van der Waals surface area contributed by atoms with Crippen LogP contribution in [-0.4, -0.2) is 17.4 Å². The van der Waals surface area contributed by atoms with E-state index in [-0.39, 0.29) is 24.6 Å². The minimum absolute atomic E-state index is 0.00487. The van der Waals surface area contributed by atoms with Gasteiger partial charge in [-0.3, -0.25) is 9.59 Å². The molecule has 0 aromatic heterocycles. The lowest BCUT2D eigenvalue weighted by Gasteiger charge is -2.19. The summed E-state index contributed by atoms with van der Waals surface area (Å²) in [5, 5.41) is 0. The number of rotatable bonds is 5. The highest BCUT2D eigenvalue weighted by molar-refractivity contribution is 5.99. The minimum Gasteiger partial charge on any atom is -0.460 e. The Balaban J connectivity index is 2.82. The Kier molecular flexibility index (Phi) is 5.92. The SMILES string of the molecule is Cc1cc(C)c(C(C)C)cc1C(=O)CCC(=O)OC(C)(C)C. The van der Waals surface area contributed by atoms with Gasteiger partial charge >= 0.3 is 5.97 Å². The molecule has 0 amide bonds. The Labute approximate surface area is 134 Å². The molecule has 0 spiro atoms. The molecule has 0 saturated heterocycles. The van der Waals surface area contributed by atoms with Gasteiger partial charge in [-0.2, -0.15) is 0 Å². The molecule has 0 fully saturated rings. The van der Waals surface area contributed by atoms with Crippen molar-refractivity contribution in [2.75, 3.05) is 0 Å². The van der Waals surface area contributed by atoms with E-state index in [1.807, 2.05) is 33.8 Å². The van der Waals surface area contributed by atoms with Crippen molar-refractivity contribution in [3.05, 3.63) is 34.4 Å². The number of ketones is 1. The third-order valence-corrected chi connectivity index (χ3v) is 3.51. The summed E-state index contributed by atoms with van der Waals surface area (Å²) in [5.74, 6) is 0.0537. The number of aryl methyl sites for hydroxylation is 2. The molecule has 0 bridgehead atoms. The Morgan fingerprint density at radius 1 is 1.05 bits per heavy atom. The van der Waals surface area contributed by atoms with Gasteiger partial charge in [0.2, 0.25) is 0 Å². The quantitative estimate of drug-likeness (QED) is 0.583. The third kappa shape index (κ3) is 5.28. The van der Waals surface area contributed by atoms with Gasteiger partial charge in [0.05, 0.1) is 6.42 Å². The molecule has 22 heavy (non-hydrogen) atoms. The molecule has 0 aliphatic rings. The summed E-state index contributed by atoms with van der Waals surface area (Å²) in [6, 6.07) is 4.03.